The fraction of sp³-hybridized carbons (Fsp3) is 0.923. The van der Waals surface area contributed by atoms with Gasteiger partial charge < -0.3 is 15.2 Å². The molecule has 1 saturated carbocycles. The lowest BCUT2D eigenvalue weighted by Gasteiger charge is -2.32. The molecule has 2 N–H and O–H groups in total. The monoisotopic (exact) mass is 243 g/mol. The van der Waals surface area contributed by atoms with Gasteiger partial charge in [0.05, 0.1) is 5.60 Å². The third-order valence-corrected chi connectivity index (χ3v) is 3.04. The molecule has 4 nitrogen and oxygen atoms in total. The van der Waals surface area contributed by atoms with Crippen molar-refractivity contribution in [3.05, 3.63) is 0 Å². The molecule has 0 aliphatic heterocycles. The first-order valence-electron chi connectivity index (χ1n) is 6.50. The Morgan fingerprint density at radius 3 is 2.41 bits per heavy atom. The van der Waals surface area contributed by atoms with Crippen LogP contribution in [0.1, 0.15) is 59.3 Å². The van der Waals surface area contributed by atoms with E-state index in [1.54, 1.807) is 0 Å². The summed E-state index contributed by atoms with van der Waals surface area (Å²) in [5.74, 6) is 0. The van der Waals surface area contributed by atoms with E-state index < -0.39 is 17.3 Å². The van der Waals surface area contributed by atoms with Gasteiger partial charge in [0, 0.05) is 6.54 Å². The fourth-order valence-electron chi connectivity index (χ4n) is 2.17. The van der Waals surface area contributed by atoms with E-state index in [-0.39, 0.29) is 0 Å². The summed E-state index contributed by atoms with van der Waals surface area (Å²) in [6.45, 7) is 5.98. The number of hydrogen-bond acceptors (Lipinski definition) is 3. The van der Waals surface area contributed by atoms with Gasteiger partial charge in [-0.05, 0) is 40.0 Å². The van der Waals surface area contributed by atoms with Crippen molar-refractivity contribution in [2.24, 2.45) is 0 Å². The average Bonchev–Trinajstić information content (AvgIpc) is 2.15. The van der Waals surface area contributed by atoms with Gasteiger partial charge in [-0.1, -0.05) is 19.3 Å². The van der Waals surface area contributed by atoms with Crippen molar-refractivity contribution in [3.63, 3.8) is 0 Å². The molecule has 0 saturated heterocycles. The minimum Gasteiger partial charge on any atom is -0.444 e. The predicted octanol–water partition coefficient (Wildman–Crippen LogP) is 2.60. The number of carbonyl (C=O) groups excluding carboxylic acids is 1. The molecule has 4 heteroatoms. The van der Waals surface area contributed by atoms with Crippen molar-refractivity contribution in [3.8, 4) is 0 Å². The Kier molecular flexibility index (Phi) is 4.80. The highest BCUT2D eigenvalue weighted by Gasteiger charge is 2.28. The summed E-state index contributed by atoms with van der Waals surface area (Å²) in [5.41, 5.74) is -1.04. The molecular formula is C13H25NO3. The zero-order valence-electron chi connectivity index (χ0n) is 11.2. The summed E-state index contributed by atoms with van der Waals surface area (Å²) in [4.78, 5) is 11.4. The summed E-state index contributed by atoms with van der Waals surface area (Å²) >= 11 is 0. The Morgan fingerprint density at radius 1 is 1.29 bits per heavy atom. The van der Waals surface area contributed by atoms with Gasteiger partial charge in [-0.15, -0.1) is 0 Å². The largest absolute Gasteiger partial charge is 0.444 e. The van der Waals surface area contributed by atoms with E-state index in [2.05, 4.69) is 5.32 Å². The molecule has 0 aromatic carbocycles. The molecule has 0 aromatic rings. The van der Waals surface area contributed by atoms with Crippen LogP contribution in [0, 0.1) is 0 Å². The standard InChI is InChI=1S/C13H25NO3/c1-12(2,3)17-11(15)14-10-9-13(16)7-5-4-6-8-13/h16H,4-10H2,1-3H3,(H,14,15). The van der Waals surface area contributed by atoms with Crippen LogP contribution in [0.5, 0.6) is 0 Å². The summed E-state index contributed by atoms with van der Waals surface area (Å²) in [6, 6.07) is 0. The third kappa shape index (κ3) is 5.91. The molecule has 1 rings (SSSR count). The van der Waals surface area contributed by atoms with Crippen LogP contribution in [0.3, 0.4) is 0 Å². The van der Waals surface area contributed by atoms with Crippen LogP contribution in [0.25, 0.3) is 0 Å². The summed E-state index contributed by atoms with van der Waals surface area (Å²) in [5, 5.41) is 12.9. The average molecular weight is 243 g/mol. The van der Waals surface area contributed by atoms with Crippen LogP contribution in [-0.2, 0) is 4.74 Å². The summed E-state index contributed by atoms with van der Waals surface area (Å²) in [7, 11) is 0. The van der Waals surface area contributed by atoms with Gasteiger partial charge in [-0.2, -0.15) is 0 Å². The maximum atomic E-state index is 11.4. The maximum Gasteiger partial charge on any atom is 0.407 e. The smallest absolute Gasteiger partial charge is 0.407 e. The number of amides is 1. The van der Waals surface area contributed by atoms with E-state index >= 15 is 0 Å². The first kappa shape index (κ1) is 14.3. The van der Waals surface area contributed by atoms with Crippen molar-refractivity contribution in [2.75, 3.05) is 6.54 Å². The molecule has 0 spiro atoms. The second kappa shape index (κ2) is 5.71. The van der Waals surface area contributed by atoms with Crippen LogP contribution in [-0.4, -0.2) is 28.9 Å². The molecule has 0 atom stereocenters. The first-order chi connectivity index (χ1) is 7.81. The number of aliphatic hydroxyl groups is 1. The molecular weight excluding hydrogens is 218 g/mol. The zero-order chi connectivity index (χ0) is 12.9. The number of alkyl carbamates (subject to hydrolysis) is 1. The highest BCUT2D eigenvalue weighted by Crippen LogP contribution is 2.30. The first-order valence-corrected chi connectivity index (χ1v) is 6.50. The van der Waals surface area contributed by atoms with E-state index in [1.807, 2.05) is 20.8 Å². The lowest BCUT2D eigenvalue weighted by Crippen LogP contribution is -2.38. The van der Waals surface area contributed by atoms with Crippen molar-refractivity contribution >= 4 is 6.09 Å². The molecule has 0 bridgehead atoms. The van der Waals surface area contributed by atoms with E-state index in [0.29, 0.717) is 13.0 Å². The van der Waals surface area contributed by atoms with Crippen LogP contribution in [0.2, 0.25) is 0 Å². The van der Waals surface area contributed by atoms with Gasteiger partial charge in [-0.25, -0.2) is 4.79 Å². The number of hydrogen-bond donors (Lipinski definition) is 2. The third-order valence-electron chi connectivity index (χ3n) is 3.04. The van der Waals surface area contributed by atoms with Crippen LogP contribution >= 0.6 is 0 Å². The number of rotatable bonds is 3. The SMILES string of the molecule is CC(C)(C)OC(=O)NCCC1(O)CCCCC1. The van der Waals surface area contributed by atoms with Crippen LogP contribution < -0.4 is 5.32 Å². The Labute approximate surface area is 104 Å². The Balaban J connectivity index is 2.20. The number of ether oxygens (including phenoxy) is 1. The molecule has 0 unspecified atom stereocenters. The van der Waals surface area contributed by atoms with Gasteiger partial charge >= 0.3 is 6.09 Å². The van der Waals surface area contributed by atoms with Crippen molar-refractivity contribution < 1.29 is 14.6 Å². The highest BCUT2D eigenvalue weighted by atomic mass is 16.6. The predicted molar refractivity (Wildman–Crippen MR) is 66.9 cm³/mol. The van der Waals surface area contributed by atoms with E-state index in [1.165, 1.54) is 6.42 Å². The Hall–Kier alpha value is -0.770. The Morgan fingerprint density at radius 2 is 1.88 bits per heavy atom. The Bertz CT molecular complexity index is 252. The van der Waals surface area contributed by atoms with E-state index in [0.717, 1.165) is 25.7 Å². The molecule has 1 aliphatic rings. The zero-order valence-corrected chi connectivity index (χ0v) is 11.2. The second-order valence-corrected chi connectivity index (χ2v) is 5.96. The molecule has 0 heterocycles. The second-order valence-electron chi connectivity index (χ2n) is 5.96. The molecule has 17 heavy (non-hydrogen) atoms. The molecule has 0 radical (unpaired) electrons. The van der Waals surface area contributed by atoms with Crippen molar-refractivity contribution in [1.29, 1.82) is 0 Å². The molecule has 1 fully saturated rings. The van der Waals surface area contributed by atoms with E-state index in [4.69, 9.17) is 4.74 Å². The van der Waals surface area contributed by atoms with Crippen LogP contribution in [0.4, 0.5) is 4.79 Å². The lowest BCUT2D eigenvalue weighted by atomic mass is 9.82. The quantitative estimate of drug-likeness (QED) is 0.801. The topological polar surface area (TPSA) is 58.6 Å². The minimum absolute atomic E-state index is 0.406. The number of carbonyl (C=O) groups is 1. The normalized spacial score (nSPS) is 19.8. The van der Waals surface area contributed by atoms with Gasteiger partial charge in [0.15, 0.2) is 0 Å². The fourth-order valence-corrected chi connectivity index (χ4v) is 2.17. The van der Waals surface area contributed by atoms with Crippen molar-refractivity contribution in [2.45, 2.75) is 70.5 Å². The van der Waals surface area contributed by atoms with E-state index in [9.17, 15) is 9.90 Å². The highest BCUT2D eigenvalue weighted by molar-refractivity contribution is 5.67. The lowest BCUT2D eigenvalue weighted by molar-refractivity contribution is -0.00423. The summed E-state index contributed by atoms with van der Waals surface area (Å²) in [6.07, 6.45) is 5.29. The minimum atomic E-state index is -0.576. The van der Waals surface area contributed by atoms with Gasteiger partial charge in [0.2, 0.25) is 0 Å². The van der Waals surface area contributed by atoms with Gasteiger partial charge in [0.25, 0.3) is 0 Å². The molecule has 1 amide bonds. The number of nitrogens with one attached hydrogen (secondary N) is 1. The molecule has 100 valence electrons. The van der Waals surface area contributed by atoms with Crippen LogP contribution in [0.15, 0.2) is 0 Å². The molecule has 1 aliphatic carbocycles. The maximum absolute atomic E-state index is 11.4. The van der Waals surface area contributed by atoms with Gasteiger partial charge in [0.1, 0.15) is 5.60 Å². The van der Waals surface area contributed by atoms with Gasteiger partial charge in [-0.3, -0.25) is 0 Å². The molecule has 0 aromatic heterocycles. The summed E-state index contributed by atoms with van der Waals surface area (Å²) < 4.78 is 5.13. The van der Waals surface area contributed by atoms with Crippen molar-refractivity contribution in [1.82, 2.24) is 5.32 Å².